The van der Waals surface area contributed by atoms with Gasteiger partial charge in [-0.05, 0) is 18.3 Å². The van der Waals surface area contributed by atoms with E-state index in [1.54, 1.807) is 6.33 Å². The number of hydrogen-bond donors (Lipinski definition) is 3. The Morgan fingerprint density at radius 3 is 2.20 bits per heavy atom. The predicted molar refractivity (Wildman–Crippen MR) is 84.2 cm³/mol. The molecule has 5 heteroatoms. The molecule has 1 aromatic rings. The van der Waals surface area contributed by atoms with E-state index in [1.807, 2.05) is 13.8 Å². The van der Waals surface area contributed by atoms with Crippen LogP contribution in [-0.2, 0) is 0 Å². The molecule has 0 bridgehead atoms. The fourth-order valence-electron chi connectivity index (χ4n) is 1.90. The van der Waals surface area contributed by atoms with Crippen LogP contribution in [0.1, 0.15) is 52.5 Å². The van der Waals surface area contributed by atoms with Crippen LogP contribution < -0.4 is 10.6 Å². The van der Waals surface area contributed by atoms with Gasteiger partial charge in [-0.25, -0.2) is 9.97 Å². The van der Waals surface area contributed by atoms with Crippen LogP contribution in [0.5, 0.6) is 0 Å². The number of aliphatic hydroxyl groups excluding tert-OH is 1. The van der Waals surface area contributed by atoms with Crippen molar-refractivity contribution in [3.63, 3.8) is 0 Å². The minimum absolute atomic E-state index is 0.226. The summed E-state index contributed by atoms with van der Waals surface area (Å²) in [7, 11) is 0. The fraction of sp³-hybridized carbons (Fsp3) is 0.733. The van der Waals surface area contributed by atoms with Crippen LogP contribution in [0.25, 0.3) is 0 Å². The zero-order chi connectivity index (χ0) is 15.1. The second-order valence-electron chi connectivity index (χ2n) is 5.76. The van der Waals surface area contributed by atoms with Crippen LogP contribution in [0.3, 0.4) is 0 Å². The molecule has 3 N–H and O–H groups in total. The number of hydrogen-bond acceptors (Lipinski definition) is 5. The van der Waals surface area contributed by atoms with E-state index in [2.05, 4.69) is 41.4 Å². The first-order valence-electron chi connectivity index (χ1n) is 7.48. The van der Waals surface area contributed by atoms with Gasteiger partial charge in [-0.15, -0.1) is 0 Å². The standard InChI is InChI=1S/C15H28N4O/c1-6-7-16-14-13(11(4)5)15(19-9-18-14)17-8-12(20)10(2)3/h9-12,20H,6-8H2,1-5H3,(H2,16,17,18,19). The average molecular weight is 280 g/mol. The first-order chi connectivity index (χ1) is 9.47. The normalized spacial score (nSPS) is 12.8. The lowest BCUT2D eigenvalue weighted by Gasteiger charge is -2.20. The molecule has 1 heterocycles. The molecule has 0 radical (unpaired) electrons. The van der Waals surface area contributed by atoms with Gasteiger partial charge in [0.25, 0.3) is 0 Å². The summed E-state index contributed by atoms with van der Waals surface area (Å²) >= 11 is 0. The number of nitrogens with zero attached hydrogens (tertiary/aromatic N) is 2. The maximum Gasteiger partial charge on any atom is 0.135 e. The Morgan fingerprint density at radius 1 is 1.10 bits per heavy atom. The van der Waals surface area contributed by atoms with Gasteiger partial charge in [0.2, 0.25) is 0 Å². The second-order valence-corrected chi connectivity index (χ2v) is 5.76. The van der Waals surface area contributed by atoms with Crippen molar-refractivity contribution in [1.29, 1.82) is 0 Å². The Bertz CT molecular complexity index is 407. The van der Waals surface area contributed by atoms with Gasteiger partial charge in [-0.2, -0.15) is 0 Å². The molecule has 1 rings (SSSR count). The zero-order valence-corrected chi connectivity index (χ0v) is 13.3. The molecule has 0 saturated heterocycles. The summed E-state index contributed by atoms with van der Waals surface area (Å²) in [4.78, 5) is 8.66. The monoisotopic (exact) mass is 280 g/mol. The van der Waals surface area contributed by atoms with Crippen molar-refractivity contribution in [3.05, 3.63) is 11.9 Å². The molecule has 0 aromatic carbocycles. The molecule has 20 heavy (non-hydrogen) atoms. The largest absolute Gasteiger partial charge is 0.391 e. The number of nitrogens with one attached hydrogen (secondary N) is 2. The van der Waals surface area contributed by atoms with Crippen LogP contribution in [0.15, 0.2) is 6.33 Å². The van der Waals surface area contributed by atoms with E-state index >= 15 is 0 Å². The molecule has 0 aliphatic heterocycles. The van der Waals surface area contributed by atoms with E-state index in [4.69, 9.17) is 0 Å². The molecule has 5 nitrogen and oxygen atoms in total. The van der Waals surface area contributed by atoms with Gasteiger partial charge in [-0.3, -0.25) is 0 Å². The number of aliphatic hydroxyl groups is 1. The highest BCUT2D eigenvalue weighted by atomic mass is 16.3. The summed E-state index contributed by atoms with van der Waals surface area (Å²) in [6, 6.07) is 0. The number of rotatable bonds is 8. The molecule has 1 aromatic heterocycles. The molecule has 0 aliphatic carbocycles. The fourth-order valence-corrected chi connectivity index (χ4v) is 1.90. The van der Waals surface area contributed by atoms with Gasteiger partial charge in [0.15, 0.2) is 0 Å². The zero-order valence-electron chi connectivity index (χ0n) is 13.3. The number of anilines is 2. The van der Waals surface area contributed by atoms with Crippen molar-refractivity contribution < 1.29 is 5.11 Å². The highest BCUT2D eigenvalue weighted by Gasteiger charge is 2.16. The molecule has 0 aliphatic rings. The lowest BCUT2D eigenvalue weighted by molar-refractivity contribution is 0.138. The van der Waals surface area contributed by atoms with E-state index in [1.165, 1.54) is 0 Å². The van der Waals surface area contributed by atoms with E-state index in [0.29, 0.717) is 12.5 Å². The maximum atomic E-state index is 9.91. The van der Waals surface area contributed by atoms with Crippen LogP contribution in [0.4, 0.5) is 11.6 Å². The molecule has 0 spiro atoms. The van der Waals surface area contributed by atoms with Crippen molar-refractivity contribution >= 4 is 11.6 Å². The smallest absolute Gasteiger partial charge is 0.135 e. The van der Waals surface area contributed by atoms with Gasteiger partial charge in [-0.1, -0.05) is 34.6 Å². The highest BCUT2D eigenvalue weighted by Crippen LogP contribution is 2.28. The third kappa shape index (κ3) is 4.63. The first-order valence-corrected chi connectivity index (χ1v) is 7.48. The Balaban J connectivity index is 2.88. The molecular weight excluding hydrogens is 252 g/mol. The summed E-state index contributed by atoms with van der Waals surface area (Å²) < 4.78 is 0. The molecule has 114 valence electrons. The topological polar surface area (TPSA) is 70.1 Å². The Morgan fingerprint density at radius 2 is 1.70 bits per heavy atom. The average Bonchev–Trinajstić information content (AvgIpc) is 2.41. The highest BCUT2D eigenvalue weighted by molar-refractivity contribution is 5.59. The summed E-state index contributed by atoms with van der Waals surface area (Å²) in [5.74, 6) is 2.24. The van der Waals surface area contributed by atoms with Crippen molar-refractivity contribution in [2.24, 2.45) is 5.92 Å². The molecule has 0 fully saturated rings. The minimum Gasteiger partial charge on any atom is -0.391 e. The molecule has 1 unspecified atom stereocenters. The van der Waals surface area contributed by atoms with Gasteiger partial charge in [0.05, 0.1) is 6.10 Å². The number of aromatic nitrogens is 2. The minimum atomic E-state index is -0.378. The Hall–Kier alpha value is -1.36. The summed E-state index contributed by atoms with van der Waals surface area (Å²) in [5.41, 5.74) is 1.08. The van der Waals surface area contributed by atoms with Gasteiger partial charge in [0.1, 0.15) is 18.0 Å². The summed E-state index contributed by atoms with van der Waals surface area (Å²) in [6.45, 7) is 11.8. The van der Waals surface area contributed by atoms with Gasteiger partial charge >= 0.3 is 0 Å². The third-order valence-electron chi connectivity index (χ3n) is 3.25. The van der Waals surface area contributed by atoms with Crippen LogP contribution in [0.2, 0.25) is 0 Å². The van der Waals surface area contributed by atoms with Crippen LogP contribution >= 0.6 is 0 Å². The quantitative estimate of drug-likeness (QED) is 0.683. The molecule has 0 amide bonds. The lowest BCUT2D eigenvalue weighted by atomic mass is 10.0. The van der Waals surface area contributed by atoms with Gasteiger partial charge < -0.3 is 15.7 Å². The Labute approximate surface area is 122 Å². The lowest BCUT2D eigenvalue weighted by Crippen LogP contribution is -2.26. The van der Waals surface area contributed by atoms with Crippen molar-refractivity contribution in [3.8, 4) is 0 Å². The van der Waals surface area contributed by atoms with Crippen molar-refractivity contribution in [2.75, 3.05) is 23.7 Å². The van der Waals surface area contributed by atoms with Crippen molar-refractivity contribution in [1.82, 2.24) is 9.97 Å². The van der Waals surface area contributed by atoms with E-state index < -0.39 is 0 Å². The van der Waals surface area contributed by atoms with Crippen molar-refractivity contribution in [2.45, 2.75) is 53.1 Å². The summed E-state index contributed by atoms with van der Waals surface area (Å²) in [5, 5.41) is 16.5. The van der Waals surface area contributed by atoms with E-state index in [9.17, 15) is 5.11 Å². The predicted octanol–water partition coefficient (Wildman–Crippen LogP) is 2.85. The van der Waals surface area contributed by atoms with Gasteiger partial charge in [0, 0.05) is 18.7 Å². The van der Waals surface area contributed by atoms with Crippen LogP contribution in [0, 0.1) is 5.92 Å². The first kappa shape index (κ1) is 16.7. The Kier molecular flexibility index (Phi) is 6.71. The molecule has 1 atom stereocenters. The van der Waals surface area contributed by atoms with E-state index in [0.717, 1.165) is 30.2 Å². The van der Waals surface area contributed by atoms with Crippen LogP contribution in [-0.4, -0.2) is 34.3 Å². The SMILES string of the molecule is CCCNc1ncnc(NCC(O)C(C)C)c1C(C)C. The summed E-state index contributed by atoms with van der Waals surface area (Å²) in [6.07, 6.45) is 2.24. The third-order valence-corrected chi connectivity index (χ3v) is 3.25. The van der Waals surface area contributed by atoms with E-state index in [-0.39, 0.29) is 12.0 Å². The maximum absolute atomic E-state index is 9.91. The molecule has 0 saturated carbocycles. The molecular formula is C15H28N4O. The second kappa shape index (κ2) is 8.04.